The molecule has 0 bridgehead atoms. The summed E-state index contributed by atoms with van der Waals surface area (Å²) in [5.41, 5.74) is 1.57. The van der Waals surface area contributed by atoms with E-state index in [0.717, 1.165) is 37.7 Å². The summed E-state index contributed by atoms with van der Waals surface area (Å²) in [5.74, 6) is -2.12. The Bertz CT molecular complexity index is 1330. The second-order valence-electron chi connectivity index (χ2n) is 12.5. The molecule has 42 heavy (non-hydrogen) atoms. The van der Waals surface area contributed by atoms with Crippen molar-refractivity contribution in [3.8, 4) is 0 Å². The standard InChI is InChI=1S/C33H39NO8/c1-32-18-22(28-24-13-11-23(35)17-21(24)10-12-25(28)26(32)14-15-27(32)36)9-5-6-16-33(29(37)38,30(39)40)34-31(41)42-19-20-7-3-2-4-8-20/h2-4,7-8,17,22,25-26H,5-6,9-16,18-19H2,1H3,(H,34,41)(H,37,38)(H,39,40)/t22-,25-,26-,32-/m0/s1. The van der Waals surface area contributed by atoms with E-state index in [9.17, 15) is 34.2 Å². The number of hydrogen-bond donors (Lipinski definition) is 3. The lowest BCUT2D eigenvalue weighted by atomic mass is 9.53. The van der Waals surface area contributed by atoms with Gasteiger partial charge in [0.1, 0.15) is 12.4 Å². The van der Waals surface area contributed by atoms with Crippen LogP contribution in [-0.2, 0) is 30.5 Å². The summed E-state index contributed by atoms with van der Waals surface area (Å²) >= 11 is 0. The second kappa shape index (κ2) is 11.9. The zero-order chi connectivity index (χ0) is 30.1. The van der Waals surface area contributed by atoms with Gasteiger partial charge in [-0.25, -0.2) is 14.4 Å². The molecule has 3 N–H and O–H groups in total. The number of hydrogen-bond acceptors (Lipinski definition) is 6. The lowest BCUT2D eigenvalue weighted by Gasteiger charge is -2.50. The fourth-order valence-corrected chi connectivity index (χ4v) is 8.05. The molecule has 4 aliphatic rings. The molecular formula is C33H39NO8. The first-order chi connectivity index (χ1) is 20.0. The minimum atomic E-state index is -2.52. The summed E-state index contributed by atoms with van der Waals surface area (Å²) in [6.45, 7) is 1.98. The third-order valence-corrected chi connectivity index (χ3v) is 10.2. The molecule has 0 radical (unpaired) electrons. The highest BCUT2D eigenvalue weighted by atomic mass is 16.5. The van der Waals surface area contributed by atoms with Crippen LogP contribution in [0.25, 0.3) is 0 Å². The van der Waals surface area contributed by atoms with Crippen LogP contribution in [0.4, 0.5) is 4.79 Å². The van der Waals surface area contributed by atoms with Crippen LogP contribution in [0, 0.1) is 23.2 Å². The zero-order valence-electron chi connectivity index (χ0n) is 24.0. The first kappa shape index (κ1) is 29.7. The maximum Gasteiger partial charge on any atom is 0.408 e. The van der Waals surface area contributed by atoms with E-state index in [0.29, 0.717) is 48.9 Å². The van der Waals surface area contributed by atoms with Gasteiger partial charge in [0.2, 0.25) is 5.54 Å². The van der Waals surface area contributed by atoms with Gasteiger partial charge >= 0.3 is 18.0 Å². The molecule has 0 aromatic heterocycles. The van der Waals surface area contributed by atoms with Crippen molar-refractivity contribution >= 4 is 29.6 Å². The number of nitrogens with one attached hydrogen (secondary N) is 1. The van der Waals surface area contributed by atoms with Crippen LogP contribution < -0.4 is 5.32 Å². The summed E-state index contributed by atoms with van der Waals surface area (Å²) < 4.78 is 5.12. The van der Waals surface area contributed by atoms with Crippen molar-refractivity contribution in [3.63, 3.8) is 0 Å². The Labute approximate surface area is 245 Å². The summed E-state index contributed by atoms with van der Waals surface area (Å²) in [7, 11) is 0. The number of Topliss-reactive ketones (excluding diaryl/α,β-unsaturated/α-hetero) is 1. The number of unbranched alkanes of at least 4 members (excludes halogenated alkanes) is 1. The van der Waals surface area contributed by atoms with E-state index < -0.39 is 23.6 Å². The van der Waals surface area contributed by atoms with Crippen LogP contribution in [0.3, 0.4) is 0 Å². The molecule has 0 heterocycles. The SMILES string of the molecule is C[C@]12C[C@H](CCCCC(NC(=O)OCc3ccccc3)(C(=O)O)C(=O)O)C3=C4CCC(=O)C=C4CC[C@H]3[C@@H]1CCC2=O. The molecule has 224 valence electrons. The predicted octanol–water partition coefficient (Wildman–Crippen LogP) is 5.38. The number of ether oxygens (including phenoxy) is 1. The van der Waals surface area contributed by atoms with Crippen LogP contribution in [0.5, 0.6) is 0 Å². The molecule has 1 amide bonds. The maximum atomic E-state index is 13.1. The van der Waals surface area contributed by atoms with Crippen molar-refractivity contribution in [2.45, 2.75) is 89.7 Å². The second-order valence-corrected chi connectivity index (χ2v) is 12.5. The minimum Gasteiger partial charge on any atom is -0.479 e. The van der Waals surface area contributed by atoms with Crippen molar-refractivity contribution in [2.75, 3.05) is 0 Å². The number of rotatable bonds is 10. The number of carboxylic acid groups (broad SMARTS) is 2. The van der Waals surface area contributed by atoms with Crippen LogP contribution >= 0.6 is 0 Å². The zero-order valence-corrected chi connectivity index (χ0v) is 24.0. The van der Waals surface area contributed by atoms with Gasteiger partial charge in [-0.05, 0) is 91.9 Å². The predicted molar refractivity (Wildman–Crippen MR) is 152 cm³/mol. The Morgan fingerprint density at radius 3 is 2.45 bits per heavy atom. The van der Waals surface area contributed by atoms with Crippen LogP contribution in [-0.4, -0.2) is 45.4 Å². The molecule has 4 atom stereocenters. The van der Waals surface area contributed by atoms with Crippen LogP contribution in [0.1, 0.15) is 83.1 Å². The van der Waals surface area contributed by atoms with Gasteiger partial charge in [-0.1, -0.05) is 49.2 Å². The first-order valence-corrected chi connectivity index (χ1v) is 15.0. The van der Waals surface area contributed by atoms with E-state index in [1.54, 1.807) is 36.4 Å². The number of carboxylic acids is 2. The summed E-state index contributed by atoms with van der Waals surface area (Å²) in [6, 6.07) is 8.81. The quantitative estimate of drug-likeness (QED) is 0.248. The van der Waals surface area contributed by atoms with E-state index in [-0.39, 0.29) is 36.6 Å². The Hall–Kier alpha value is -3.75. The number of aliphatic carboxylic acids is 2. The molecule has 1 aromatic rings. The first-order valence-electron chi connectivity index (χ1n) is 15.0. The highest BCUT2D eigenvalue weighted by Gasteiger charge is 2.56. The normalized spacial score (nSPS) is 27.0. The summed E-state index contributed by atoms with van der Waals surface area (Å²) in [5, 5.41) is 21.9. The molecular weight excluding hydrogens is 538 g/mol. The molecule has 0 saturated heterocycles. The summed E-state index contributed by atoms with van der Waals surface area (Å²) in [4.78, 5) is 62.1. The molecule has 9 heteroatoms. The Morgan fingerprint density at radius 1 is 1.00 bits per heavy atom. The van der Waals surface area contributed by atoms with Crippen molar-refractivity contribution in [1.29, 1.82) is 0 Å². The monoisotopic (exact) mass is 577 g/mol. The number of carbonyl (C=O) groups is 5. The molecule has 0 unspecified atom stereocenters. The lowest BCUT2D eigenvalue weighted by Crippen LogP contribution is -2.60. The Morgan fingerprint density at radius 2 is 1.74 bits per heavy atom. The molecule has 2 fully saturated rings. The lowest BCUT2D eigenvalue weighted by molar-refractivity contribution is -0.159. The van der Waals surface area contributed by atoms with Gasteiger partial charge in [-0.15, -0.1) is 0 Å². The van der Waals surface area contributed by atoms with E-state index >= 15 is 0 Å². The van der Waals surface area contributed by atoms with Gasteiger partial charge < -0.3 is 14.9 Å². The third kappa shape index (κ3) is 5.53. The van der Waals surface area contributed by atoms with E-state index in [4.69, 9.17) is 4.74 Å². The topological polar surface area (TPSA) is 147 Å². The maximum absolute atomic E-state index is 13.1. The molecule has 9 nitrogen and oxygen atoms in total. The average Bonchev–Trinajstić information content (AvgIpc) is 3.26. The van der Waals surface area contributed by atoms with Gasteiger partial charge in [0.25, 0.3) is 0 Å². The molecule has 1 aromatic carbocycles. The Balaban J connectivity index is 1.29. The van der Waals surface area contributed by atoms with Crippen molar-refractivity contribution < 1.29 is 38.9 Å². The van der Waals surface area contributed by atoms with Crippen LogP contribution in [0.15, 0.2) is 53.1 Å². The van der Waals surface area contributed by atoms with E-state index in [2.05, 4.69) is 12.2 Å². The molecule has 0 spiro atoms. The number of fused-ring (bicyclic) bond motifs is 4. The Kier molecular flexibility index (Phi) is 8.39. The van der Waals surface area contributed by atoms with Gasteiger partial charge in [-0.2, -0.15) is 0 Å². The van der Waals surface area contributed by atoms with E-state index in [1.165, 1.54) is 11.1 Å². The van der Waals surface area contributed by atoms with Crippen molar-refractivity contribution in [1.82, 2.24) is 5.32 Å². The number of benzene rings is 1. The largest absolute Gasteiger partial charge is 0.479 e. The fraction of sp³-hybridized carbons (Fsp3) is 0.545. The molecule has 0 aliphatic heterocycles. The highest BCUT2D eigenvalue weighted by Crippen LogP contribution is 2.61. The average molecular weight is 578 g/mol. The van der Waals surface area contributed by atoms with Gasteiger partial charge in [0.05, 0.1) is 0 Å². The van der Waals surface area contributed by atoms with Crippen molar-refractivity contribution in [2.24, 2.45) is 23.2 Å². The van der Waals surface area contributed by atoms with Gasteiger partial charge in [0.15, 0.2) is 5.78 Å². The number of alkyl carbamates (subject to hydrolysis) is 1. The fourth-order valence-electron chi connectivity index (χ4n) is 8.05. The van der Waals surface area contributed by atoms with E-state index in [1.807, 2.05) is 0 Å². The highest BCUT2D eigenvalue weighted by molar-refractivity contribution is 6.05. The molecule has 4 aliphatic carbocycles. The summed E-state index contributed by atoms with van der Waals surface area (Å²) in [6.07, 6.45) is 7.05. The number of allylic oxidation sites excluding steroid dienone is 4. The smallest absolute Gasteiger partial charge is 0.408 e. The minimum absolute atomic E-state index is 0.109. The number of ketones is 2. The van der Waals surface area contributed by atoms with Gasteiger partial charge in [-0.3, -0.25) is 14.9 Å². The van der Waals surface area contributed by atoms with Crippen molar-refractivity contribution in [3.05, 3.63) is 58.7 Å². The molecule has 5 rings (SSSR count). The number of carbonyl (C=O) groups excluding carboxylic acids is 3. The third-order valence-electron chi connectivity index (χ3n) is 10.2. The van der Waals surface area contributed by atoms with Crippen LogP contribution in [0.2, 0.25) is 0 Å². The number of amides is 1. The molecule has 2 saturated carbocycles. The van der Waals surface area contributed by atoms with Gasteiger partial charge in [0, 0.05) is 18.3 Å².